The Kier molecular flexibility index (Phi) is 5.35. The van der Waals surface area contributed by atoms with E-state index >= 15 is 0 Å². The molecule has 28 heavy (non-hydrogen) atoms. The molecule has 0 amide bonds. The van der Waals surface area contributed by atoms with E-state index in [9.17, 15) is 0 Å². The number of hydrogen-bond donors (Lipinski definition) is 1. The molecular weight excluding hydrogens is 372 g/mol. The maximum absolute atomic E-state index is 6.21. The SMILES string of the molecule is COc1ccc(CCNc2nnc(-c3ccncc3)c3ccccc23)cc1Cl. The van der Waals surface area contributed by atoms with Crippen molar-refractivity contribution in [1.82, 2.24) is 15.2 Å². The third kappa shape index (κ3) is 3.75. The van der Waals surface area contributed by atoms with Gasteiger partial charge in [0.25, 0.3) is 0 Å². The van der Waals surface area contributed by atoms with Crippen LogP contribution in [0.2, 0.25) is 5.02 Å². The van der Waals surface area contributed by atoms with Crippen LogP contribution in [0.4, 0.5) is 5.82 Å². The van der Waals surface area contributed by atoms with Crippen molar-refractivity contribution in [1.29, 1.82) is 0 Å². The summed E-state index contributed by atoms with van der Waals surface area (Å²) in [7, 11) is 1.61. The van der Waals surface area contributed by atoms with E-state index < -0.39 is 0 Å². The lowest BCUT2D eigenvalue weighted by atomic mass is 10.1. The Morgan fingerprint density at radius 1 is 0.964 bits per heavy atom. The van der Waals surface area contributed by atoms with E-state index in [1.54, 1.807) is 19.5 Å². The molecule has 6 heteroatoms. The Bertz CT molecular complexity index is 1100. The molecule has 2 aromatic carbocycles. The van der Waals surface area contributed by atoms with E-state index in [-0.39, 0.29) is 0 Å². The largest absolute Gasteiger partial charge is 0.495 e. The van der Waals surface area contributed by atoms with E-state index in [0.29, 0.717) is 10.8 Å². The highest BCUT2D eigenvalue weighted by molar-refractivity contribution is 6.32. The van der Waals surface area contributed by atoms with Gasteiger partial charge in [-0.2, -0.15) is 0 Å². The van der Waals surface area contributed by atoms with Crippen molar-refractivity contribution in [3.8, 4) is 17.0 Å². The second kappa shape index (κ2) is 8.23. The zero-order valence-corrected chi connectivity index (χ0v) is 16.1. The molecule has 0 aliphatic heterocycles. The molecular formula is C22H19ClN4O. The highest BCUT2D eigenvalue weighted by atomic mass is 35.5. The zero-order valence-electron chi connectivity index (χ0n) is 15.4. The predicted molar refractivity (Wildman–Crippen MR) is 113 cm³/mol. The number of aromatic nitrogens is 3. The van der Waals surface area contributed by atoms with Gasteiger partial charge in [0.2, 0.25) is 0 Å². The molecule has 140 valence electrons. The Morgan fingerprint density at radius 2 is 1.75 bits per heavy atom. The molecule has 4 aromatic rings. The van der Waals surface area contributed by atoms with Crippen molar-refractivity contribution in [2.45, 2.75) is 6.42 Å². The quantitative estimate of drug-likeness (QED) is 0.501. The molecule has 0 unspecified atom stereocenters. The van der Waals surface area contributed by atoms with Crippen LogP contribution in [0, 0.1) is 0 Å². The van der Waals surface area contributed by atoms with E-state index in [0.717, 1.165) is 46.4 Å². The summed E-state index contributed by atoms with van der Waals surface area (Å²) in [4.78, 5) is 4.08. The lowest BCUT2D eigenvalue weighted by molar-refractivity contribution is 0.415. The van der Waals surface area contributed by atoms with Crippen LogP contribution in [0.25, 0.3) is 22.0 Å². The normalized spacial score (nSPS) is 10.8. The molecule has 0 aliphatic carbocycles. The minimum absolute atomic E-state index is 0.618. The van der Waals surface area contributed by atoms with Gasteiger partial charge in [-0.1, -0.05) is 41.9 Å². The molecule has 2 aromatic heterocycles. The number of nitrogens with one attached hydrogen (secondary N) is 1. The molecule has 0 radical (unpaired) electrons. The minimum atomic E-state index is 0.618. The Morgan fingerprint density at radius 3 is 2.50 bits per heavy atom. The molecule has 0 atom stereocenters. The third-order valence-corrected chi connectivity index (χ3v) is 4.86. The lowest BCUT2D eigenvalue weighted by Crippen LogP contribution is -2.08. The zero-order chi connectivity index (χ0) is 19.3. The predicted octanol–water partition coefficient (Wildman–Crippen LogP) is 5.01. The number of anilines is 1. The Balaban J connectivity index is 1.56. The summed E-state index contributed by atoms with van der Waals surface area (Å²) >= 11 is 6.21. The maximum atomic E-state index is 6.21. The standard InChI is InChI=1S/C22H19ClN4O/c1-28-20-7-6-15(14-19(20)23)8-13-25-22-18-5-3-2-4-17(18)21(26-27-22)16-9-11-24-12-10-16/h2-7,9-12,14H,8,13H2,1H3,(H,25,27). The summed E-state index contributed by atoms with van der Waals surface area (Å²) in [6.07, 6.45) is 4.34. The molecule has 4 rings (SSSR count). The maximum Gasteiger partial charge on any atom is 0.156 e. The van der Waals surface area contributed by atoms with Crippen molar-refractivity contribution in [2.24, 2.45) is 0 Å². The first-order valence-corrected chi connectivity index (χ1v) is 9.36. The van der Waals surface area contributed by atoms with Crippen molar-refractivity contribution in [2.75, 3.05) is 19.0 Å². The van der Waals surface area contributed by atoms with Gasteiger partial charge in [-0.3, -0.25) is 4.98 Å². The minimum Gasteiger partial charge on any atom is -0.495 e. The molecule has 0 bridgehead atoms. The topological polar surface area (TPSA) is 59.9 Å². The van der Waals surface area contributed by atoms with Crippen LogP contribution < -0.4 is 10.1 Å². The fraction of sp³-hybridized carbons (Fsp3) is 0.136. The molecule has 2 heterocycles. The van der Waals surface area contributed by atoms with Crippen LogP contribution in [-0.2, 0) is 6.42 Å². The number of pyridine rings is 1. The summed E-state index contributed by atoms with van der Waals surface area (Å²) in [5.74, 6) is 1.45. The van der Waals surface area contributed by atoms with Gasteiger partial charge in [0.05, 0.1) is 12.1 Å². The number of nitrogens with zero attached hydrogens (tertiary/aromatic N) is 3. The van der Waals surface area contributed by atoms with Gasteiger partial charge < -0.3 is 10.1 Å². The Labute approximate surface area is 168 Å². The van der Waals surface area contributed by atoms with Gasteiger partial charge in [0.1, 0.15) is 11.4 Å². The molecule has 0 saturated heterocycles. The van der Waals surface area contributed by atoms with E-state index in [1.807, 2.05) is 42.5 Å². The summed E-state index contributed by atoms with van der Waals surface area (Å²) in [5.41, 5.74) is 2.98. The van der Waals surface area contributed by atoms with Crippen molar-refractivity contribution < 1.29 is 4.74 Å². The van der Waals surface area contributed by atoms with Gasteiger partial charge in [-0.15, -0.1) is 10.2 Å². The van der Waals surface area contributed by atoms with Gasteiger partial charge in [0.15, 0.2) is 5.82 Å². The van der Waals surface area contributed by atoms with E-state index in [1.165, 1.54) is 0 Å². The number of benzene rings is 2. The molecule has 0 saturated carbocycles. The van der Waals surface area contributed by atoms with Crippen molar-refractivity contribution >= 4 is 28.2 Å². The summed E-state index contributed by atoms with van der Waals surface area (Å²) in [6.45, 7) is 0.718. The fourth-order valence-corrected chi connectivity index (χ4v) is 3.43. The first kappa shape index (κ1) is 18.2. The number of ether oxygens (including phenoxy) is 1. The van der Waals surface area contributed by atoms with Gasteiger partial charge in [-0.25, -0.2) is 0 Å². The van der Waals surface area contributed by atoms with Crippen molar-refractivity contribution in [3.63, 3.8) is 0 Å². The van der Waals surface area contributed by atoms with E-state index in [2.05, 4.69) is 32.6 Å². The highest BCUT2D eigenvalue weighted by Gasteiger charge is 2.10. The first-order chi connectivity index (χ1) is 13.8. The second-order valence-electron chi connectivity index (χ2n) is 6.32. The van der Waals surface area contributed by atoms with Crippen molar-refractivity contribution in [3.05, 3.63) is 77.6 Å². The monoisotopic (exact) mass is 390 g/mol. The number of hydrogen-bond acceptors (Lipinski definition) is 5. The second-order valence-corrected chi connectivity index (χ2v) is 6.73. The average Bonchev–Trinajstić information content (AvgIpc) is 2.74. The van der Waals surface area contributed by atoms with Crippen LogP contribution in [0.3, 0.4) is 0 Å². The Hall–Kier alpha value is -3.18. The van der Waals surface area contributed by atoms with Crippen LogP contribution in [0.5, 0.6) is 5.75 Å². The lowest BCUT2D eigenvalue weighted by Gasteiger charge is -2.11. The first-order valence-electron chi connectivity index (χ1n) is 8.98. The van der Waals surface area contributed by atoms with Crippen LogP contribution in [0.1, 0.15) is 5.56 Å². The number of methoxy groups -OCH3 is 1. The number of halogens is 1. The van der Waals surface area contributed by atoms with Crippen LogP contribution in [0.15, 0.2) is 67.0 Å². The fourth-order valence-electron chi connectivity index (χ4n) is 3.15. The number of rotatable bonds is 6. The number of fused-ring (bicyclic) bond motifs is 1. The van der Waals surface area contributed by atoms with Crippen LogP contribution >= 0.6 is 11.6 Å². The van der Waals surface area contributed by atoms with Gasteiger partial charge >= 0.3 is 0 Å². The third-order valence-electron chi connectivity index (χ3n) is 4.56. The highest BCUT2D eigenvalue weighted by Crippen LogP contribution is 2.29. The summed E-state index contributed by atoms with van der Waals surface area (Å²) in [6, 6.07) is 17.9. The summed E-state index contributed by atoms with van der Waals surface area (Å²) in [5, 5.41) is 15.0. The molecule has 0 aliphatic rings. The van der Waals surface area contributed by atoms with E-state index in [4.69, 9.17) is 16.3 Å². The van der Waals surface area contributed by atoms with Gasteiger partial charge in [-0.05, 0) is 36.2 Å². The van der Waals surface area contributed by atoms with Gasteiger partial charge in [0, 0.05) is 35.3 Å². The molecule has 5 nitrogen and oxygen atoms in total. The molecule has 0 fully saturated rings. The van der Waals surface area contributed by atoms with Crippen LogP contribution in [-0.4, -0.2) is 28.8 Å². The molecule has 0 spiro atoms. The average molecular weight is 391 g/mol. The molecule has 1 N–H and O–H groups in total. The summed E-state index contributed by atoms with van der Waals surface area (Å²) < 4.78 is 5.20. The smallest absolute Gasteiger partial charge is 0.156 e.